The van der Waals surface area contributed by atoms with Gasteiger partial charge in [0.25, 0.3) is 0 Å². The molecule has 0 atom stereocenters. The summed E-state index contributed by atoms with van der Waals surface area (Å²) in [5.74, 6) is -2.51. The number of benzene rings is 1. The van der Waals surface area contributed by atoms with E-state index >= 15 is 0 Å². The molecular formula is C17H18BrNO4S2. The number of hydrogen-bond donors (Lipinski definition) is 2. The number of carboxylic acids is 2. The van der Waals surface area contributed by atoms with Gasteiger partial charge in [-0.1, -0.05) is 30.0 Å². The van der Waals surface area contributed by atoms with Crippen molar-refractivity contribution in [1.82, 2.24) is 4.90 Å². The van der Waals surface area contributed by atoms with Crippen LogP contribution in [0.3, 0.4) is 0 Å². The van der Waals surface area contributed by atoms with Gasteiger partial charge in [-0.25, -0.2) is 9.59 Å². The van der Waals surface area contributed by atoms with Crippen molar-refractivity contribution in [3.8, 4) is 0 Å². The first kappa shape index (κ1) is 21.4. The van der Waals surface area contributed by atoms with Crippen molar-refractivity contribution in [3.05, 3.63) is 57.9 Å². The molecule has 8 heteroatoms. The molecule has 0 radical (unpaired) electrons. The minimum absolute atomic E-state index is 0.558. The zero-order valence-corrected chi connectivity index (χ0v) is 16.9. The summed E-state index contributed by atoms with van der Waals surface area (Å²) in [4.78, 5) is 22.6. The van der Waals surface area contributed by atoms with Crippen molar-refractivity contribution < 1.29 is 19.8 Å². The van der Waals surface area contributed by atoms with Gasteiger partial charge in [0, 0.05) is 23.6 Å². The summed E-state index contributed by atoms with van der Waals surface area (Å²) in [6.07, 6.45) is 1.12. The van der Waals surface area contributed by atoms with Crippen LogP contribution in [-0.4, -0.2) is 41.1 Å². The van der Waals surface area contributed by atoms with E-state index in [0.717, 1.165) is 6.54 Å². The summed E-state index contributed by atoms with van der Waals surface area (Å²) in [7, 11) is 4.20. The normalized spacial score (nSPS) is 10.6. The lowest BCUT2D eigenvalue weighted by Gasteiger charge is -2.13. The molecule has 1 heterocycles. The van der Waals surface area contributed by atoms with Crippen LogP contribution in [0.1, 0.15) is 5.56 Å². The number of rotatable bonds is 6. The number of halogens is 1. The highest BCUT2D eigenvalue weighted by atomic mass is 79.9. The zero-order chi connectivity index (χ0) is 18.8. The van der Waals surface area contributed by atoms with Crippen LogP contribution in [0.25, 0.3) is 0 Å². The van der Waals surface area contributed by atoms with E-state index in [2.05, 4.69) is 71.3 Å². The van der Waals surface area contributed by atoms with Gasteiger partial charge in [-0.15, -0.1) is 11.3 Å². The molecule has 0 bridgehead atoms. The molecule has 0 saturated carbocycles. The number of thiophene rings is 1. The topological polar surface area (TPSA) is 77.8 Å². The predicted octanol–water partition coefficient (Wildman–Crippen LogP) is 4.44. The van der Waals surface area contributed by atoms with E-state index in [1.54, 1.807) is 11.3 Å². The minimum Gasteiger partial charge on any atom is -0.478 e. The summed E-state index contributed by atoms with van der Waals surface area (Å²) >= 11 is 7.12. The molecule has 2 N–H and O–H groups in total. The van der Waals surface area contributed by atoms with E-state index < -0.39 is 11.9 Å². The maximum absolute atomic E-state index is 9.55. The highest BCUT2D eigenvalue weighted by molar-refractivity contribution is 9.11. The van der Waals surface area contributed by atoms with Gasteiger partial charge in [0.15, 0.2) is 0 Å². The molecule has 0 aliphatic heterocycles. The van der Waals surface area contributed by atoms with E-state index in [9.17, 15) is 9.59 Å². The standard InChI is InChI=1S/C13H14BrNS2.C4H4O4/c1-15(2)9-10-5-3-4-6-11(10)16-13-8-7-12(14)17-13;5-3(6)1-2-4(7)8/h3-8H,9H2,1-2H3;1-2H,(H,5,6)(H,7,8). The van der Waals surface area contributed by atoms with Crippen LogP contribution in [-0.2, 0) is 16.1 Å². The molecule has 0 amide bonds. The molecule has 0 spiro atoms. The quantitative estimate of drug-likeness (QED) is 0.642. The summed E-state index contributed by atoms with van der Waals surface area (Å²) in [5, 5.41) is 15.6. The van der Waals surface area contributed by atoms with E-state index in [1.807, 2.05) is 11.8 Å². The van der Waals surface area contributed by atoms with Crippen molar-refractivity contribution in [2.75, 3.05) is 14.1 Å². The van der Waals surface area contributed by atoms with Gasteiger partial charge < -0.3 is 15.1 Å². The Balaban J connectivity index is 0.000000333. The lowest BCUT2D eigenvalue weighted by Crippen LogP contribution is -2.11. The average molecular weight is 444 g/mol. The Morgan fingerprint density at radius 3 is 2.20 bits per heavy atom. The Bertz CT molecular complexity index is 728. The number of carboxylic acid groups (broad SMARTS) is 2. The molecule has 134 valence electrons. The fraction of sp³-hybridized carbons (Fsp3) is 0.176. The van der Waals surface area contributed by atoms with E-state index in [0.29, 0.717) is 12.2 Å². The average Bonchev–Trinajstić information content (AvgIpc) is 2.92. The summed E-state index contributed by atoms with van der Waals surface area (Å²) in [5.41, 5.74) is 1.38. The smallest absolute Gasteiger partial charge is 0.328 e. The molecule has 2 rings (SSSR count). The van der Waals surface area contributed by atoms with Gasteiger partial charge in [-0.05, 0) is 53.8 Å². The molecule has 0 fully saturated rings. The van der Waals surface area contributed by atoms with E-state index in [1.165, 1.54) is 18.5 Å². The summed E-state index contributed by atoms with van der Waals surface area (Å²) in [6.45, 7) is 0.982. The van der Waals surface area contributed by atoms with Crippen molar-refractivity contribution in [2.45, 2.75) is 15.6 Å². The Labute approximate surface area is 163 Å². The van der Waals surface area contributed by atoms with Gasteiger partial charge in [0.1, 0.15) is 0 Å². The first-order valence-electron chi connectivity index (χ1n) is 7.07. The molecule has 5 nitrogen and oxygen atoms in total. The molecule has 2 aromatic rings. The Hall–Kier alpha value is -1.61. The monoisotopic (exact) mass is 443 g/mol. The van der Waals surface area contributed by atoms with E-state index in [-0.39, 0.29) is 0 Å². The van der Waals surface area contributed by atoms with Gasteiger partial charge in [-0.2, -0.15) is 0 Å². The Morgan fingerprint density at radius 1 is 1.12 bits per heavy atom. The third-order valence-electron chi connectivity index (χ3n) is 2.59. The second-order valence-electron chi connectivity index (χ2n) is 5.02. The highest BCUT2D eigenvalue weighted by Gasteiger charge is 2.06. The first-order valence-corrected chi connectivity index (χ1v) is 9.50. The highest BCUT2D eigenvalue weighted by Crippen LogP contribution is 2.37. The number of carbonyl (C=O) groups is 2. The molecule has 1 aromatic heterocycles. The van der Waals surface area contributed by atoms with Gasteiger partial charge >= 0.3 is 11.9 Å². The summed E-state index contributed by atoms with van der Waals surface area (Å²) in [6, 6.07) is 12.9. The lowest BCUT2D eigenvalue weighted by atomic mass is 10.2. The van der Waals surface area contributed by atoms with Crippen molar-refractivity contribution in [3.63, 3.8) is 0 Å². The van der Waals surface area contributed by atoms with Crippen molar-refractivity contribution in [2.24, 2.45) is 0 Å². The molecule has 0 aliphatic rings. The minimum atomic E-state index is -1.26. The Morgan fingerprint density at radius 2 is 1.72 bits per heavy atom. The number of aliphatic carboxylic acids is 2. The third kappa shape index (κ3) is 9.45. The van der Waals surface area contributed by atoms with Gasteiger partial charge in [-0.3, -0.25) is 0 Å². The maximum Gasteiger partial charge on any atom is 0.328 e. The SMILES string of the molecule is CN(C)Cc1ccccc1Sc1ccc(Br)s1.O=C(O)C=CC(=O)O. The van der Waals surface area contributed by atoms with Crippen molar-refractivity contribution >= 4 is 51.0 Å². The van der Waals surface area contributed by atoms with Crippen LogP contribution >= 0.6 is 39.0 Å². The van der Waals surface area contributed by atoms with Crippen LogP contribution in [0.5, 0.6) is 0 Å². The fourth-order valence-electron chi connectivity index (χ4n) is 1.68. The summed E-state index contributed by atoms with van der Waals surface area (Å²) < 4.78 is 2.51. The first-order chi connectivity index (χ1) is 11.8. The predicted molar refractivity (Wildman–Crippen MR) is 104 cm³/mol. The molecule has 25 heavy (non-hydrogen) atoms. The molecule has 0 saturated heterocycles. The fourth-order valence-corrected chi connectivity index (χ4v) is 4.59. The van der Waals surface area contributed by atoms with Gasteiger partial charge in [0.05, 0.1) is 8.00 Å². The molecule has 1 aromatic carbocycles. The lowest BCUT2D eigenvalue weighted by molar-refractivity contribution is -0.134. The second-order valence-corrected chi connectivity index (χ2v) is 8.82. The van der Waals surface area contributed by atoms with Crippen LogP contribution < -0.4 is 0 Å². The van der Waals surface area contributed by atoms with Crippen LogP contribution in [0.15, 0.2) is 61.4 Å². The van der Waals surface area contributed by atoms with Crippen molar-refractivity contribution in [1.29, 1.82) is 0 Å². The molecule has 0 unspecified atom stereocenters. The zero-order valence-electron chi connectivity index (χ0n) is 13.7. The Kier molecular flexibility index (Phi) is 9.51. The molecular weight excluding hydrogens is 426 g/mol. The molecule has 0 aliphatic carbocycles. The van der Waals surface area contributed by atoms with Crippen LogP contribution in [0, 0.1) is 0 Å². The largest absolute Gasteiger partial charge is 0.478 e. The second kappa shape index (κ2) is 11.1. The van der Waals surface area contributed by atoms with Crippen LogP contribution in [0.2, 0.25) is 0 Å². The van der Waals surface area contributed by atoms with Crippen LogP contribution in [0.4, 0.5) is 0 Å². The third-order valence-corrected chi connectivity index (χ3v) is 5.46. The number of nitrogens with zero attached hydrogens (tertiary/aromatic N) is 1. The van der Waals surface area contributed by atoms with Gasteiger partial charge in [0.2, 0.25) is 0 Å². The number of hydrogen-bond acceptors (Lipinski definition) is 5. The van der Waals surface area contributed by atoms with E-state index in [4.69, 9.17) is 10.2 Å². The maximum atomic E-state index is 9.55.